The van der Waals surface area contributed by atoms with Gasteiger partial charge in [0.2, 0.25) is 0 Å². The lowest BCUT2D eigenvalue weighted by Gasteiger charge is -2.43. The van der Waals surface area contributed by atoms with Crippen LogP contribution in [0.3, 0.4) is 0 Å². The predicted molar refractivity (Wildman–Crippen MR) is 76.7 cm³/mol. The number of piperidine rings is 1. The van der Waals surface area contributed by atoms with Crippen molar-refractivity contribution >= 4 is 21.6 Å². The second-order valence-corrected chi connectivity index (χ2v) is 6.51. The molecule has 3 nitrogen and oxygen atoms in total. The molecular weight excluding hydrogens is 294 g/mol. The highest BCUT2D eigenvalue weighted by molar-refractivity contribution is 9.10. The van der Waals surface area contributed by atoms with Crippen LogP contribution in [0.1, 0.15) is 25.8 Å². The molecule has 1 fully saturated rings. The van der Waals surface area contributed by atoms with Crippen LogP contribution in [0.2, 0.25) is 0 Å². The third-order valence-corrected chi connectivity index (χ3v) is 4.34. The van der Waals surface area contributed by atoms with Gasteiger partial charge in [0, 0.05) is 23.0 Å². The van der Waals surface area contributed by atoms with Crippen molar-refractivity contribution in [3.8, 4) is 0 Å². The Labute approximate surface area is 117 Å². The quantitative estimate of drug-likeness (QED) is 0.882. The number of aliphatic hydroxyl groups excluding tert-OH is 2. The van der Waals surface area contributed by atoms with Gasteiger partial charge in [-0.25, -0.2) is 0 Å². The molecular formula is C14H20BrNO2. The average Bonchev–Trinajstić information content (AvgIpc) is 2.32. The fraction of sp³-hybridized carbons (Fsp3) is 0.571. The van der Waals surface area contributed by atoms with Crippen LogP contribution in [0, 0.1) is 5.41 Å². The molecule has 0 bridgehead atoms. The summed E-state index contributed by atoms with van der Waals surface area (Å²) in [7, 11) is 0. The number of hydrogen-bond acceptors (Lipinski definition) is 3. The van der Waals surface area contributed by atoms with Crippen LogP contribution < -0.4 is 4.90 Å². The summed E-state index contributed by atoms with van der Waals surface area (Å²) in [6.45, 7) is 5.95. The van der Waals surface area contributed by atoms with E-state index in [0.717, 1.165) is 35.2 Å². The Balaban J connectivity index is 2.22. The highest BCUT2D eigenvalue weighted by Crippen LogP contribution is 2.35. The van der Waals surface area contributed by atoms with Crippen molar-refractivity contribution in [1.29, 1.82) is 0 Å². The van der Waals surface area contributed by atoms with Crippen LogP contribution >= 0.6 is 15.9 Å². The second kappa shape index (κ2) is 5.19. The van der Waals surface area contributed by atoms with Crippen molar-refractivity contribution in [2.24, 2.45) is 5.41 Å². The van der Waals surface area contributed by atoms with Gasteiger partial charge < -0.3 is 15.1 Å². The number of hydrogen-bond donors (Lipinski definition) is 2. The molecule has 1 atom stereocenters. The highest BCUT2D eigenvalue weighted by Gasteiger charge is 2.35. The number of aliphatic hydroxyl groups is 2. The monoisotopic (exact) mass is 313 g/mol. The molecule has 100 valence electrons. The molecule has 4 heteroatoms. The zero-order valence-electron chi connectivity index (χ0n) is 10.9. The standard InChI is InChI=1S/C14H20BrNO2/c1-14(2)9-16(6-5-13(14)18)12-4-3-10(8-17)7-11(12)15/h3-4,7,13,17-18H,5-6,8-9H2,1-2H3. The van der Waals surface area contributed by atoms with Gasteiger partial charge in [-0.05, 0) is 40.0 Å². The summed E-state index contributed by atoms with van der Waals surface area (Å²) < 4.78 is 1.00. The molecule has 0 aliphatic carbocycles. The minimum Gasteiger partial charge on any atom is -0.392 e. The van der Waals surface area contributed by atoms with Gasteiger partial charge in [0.1, 0.15) is 0 Å². The summed E-state index contributed by atoms with van der Waals surface area (Å²) in [5, 5.41) is 19.1. The SMILES string of the molecule is CC1(C)CN(c2ccc(CO)cc2Br)CCC1O. The van der Waals surface area contributed by atoms with E-state index in [2.05, 4.69) is 34.7 Å². The first-order chi connectivity index (χ1) is 8.44. The zero-order valence-corrected chi connectivity index (χ0v) is 12.4. The van der Waals surface area contributed by atoms with Crippen LogP contribution in [-0.4, -0.2) is 29.4 Å². The molecule has 1 aromatic carbocycles. The first kappa shape index (κ1) is 13.8. The van der Waals surface area contributed by atoms with Crippen LogP contribution in [0.5, 0.6) is 0 Å². The Morgan fingerprint density at radius 1 is 1.44 bits per heavy atom. The van der Waals surface area contributed by atoms with Gasteiger partial charge in [0.15, 0.2) is 0 Å². The molecule has 1 aliphatic heterocycles. The molecule has 1 aliphatic rings. The summed E-state index contributed by atoms with van der Waals surface area (Å²) >= 11 is 3.56. The fourth-order valence-electron chi connectivity index (χ4n) is 2.46. The summed E-state index contributed by atoms with van der Waals surface area (Å²) in [6.07, 6.45) is 0.561. The summed E-state index contributed by atoms with van der Waals surface area (Å²) in [6, 6.07) is 5.93. The van der Waals surface area contributed by atoms with E-state index in [9.17, 15) is 5.11 Å². The summed E-state index contributed by atoms with van der Waals surface area (Å²) in [5.74, 6) is 0. The van der Waals surface area contributed by atoms with Crippen molar-refractivity contribution in [1.82, 2.24) is 0 Å². The van der Waals surface area contributed by atoms with Gasteiger partial charge in [-0.1, -0.05) is 19.9 Å². The average molecular weight is 314 g/mol. The number of nitrogens with zero attached hydrogens (tertiary/aromatic N) is 1. The Morgan fingerprint density at radius 2 is 2.17 bits per heavy atom. The van der Waals surface area contributed by atoms with Crippen molar-refractivity contribution in [3.63, 3.8) is 0 Å². The van der Waals surface area contributed by atoms with Crippen molar-refractivity contribution < 1.29 is 10.2 Å². The van der Waals surface area contributed by atoms with E-state index in [1.165, 1.54) is 0 Å². The van der Waals surface area contributed by atoms with E-state index in [4.69, 9.17) is 5.11 Å². The third kappa shape index (κ3) is 2.71. The molecule has 0 spiro atoms. The molecule has 2 N–H and O–H groups in total. The van der Waals surface area contributed by atoms with Crippen molar-refractivity contribution in [2.75, 3.05) is 18.0 Å². The second-order valence-electron chi connectivity index (χ2n) is 5.66. The molecule has 0 aromatic heterocycles. The maximum absolute atomic E-state index is 9.98. The lowest BCUT2D eigenvalue weighted by Crippen LogP contribution is -2.48. The lowest BCUT2D eigenvalue weighted by atomic mass is 9.81. The summed E-state index contributed by atoms with van der Waals surface area (Å²) in [4.78, 5) is 2.29. The molecule has 18 heavy (non-hydrogen) atoms. The van der Waals surface area contributed by atoms with Gasteiger partial charge in [0.25, 0.3) is 0 Å². The maximum atomic E-state index is 9.98. The molecule has 0 amide bonds. The smallest absolute Gasteiger partial charge is 0.0682 e. The first-order valence-corrected chi connectivity index (χ1v) is 7.05. The molecule has 1 unspecified atom stereocenters. The molecule has 0 saturated carbocycles. The summed E-state index contributed by atoms with van der Waals surface area (Å²) in [5.41, 5.74) is 1.95. The molecule has 1 saturated heterocycles. The van der Waals surface area contributed by atoms with Gasteiger partial charge in [-0.15, -0.1) is 0 Å². The van der Waals surface area contributed by atoms with Crippen LogP contribution in [-0.2, 0) is 6.61 Å². The van der Waals surface area contributed by atoms with Crippen LogP contribution in [0.15, 0.2) is 22.7 Å². The normalized spacial score (nSPS) is 23.2. The molecule has 1 heterocycles. The predicted octanol–water partition coefficient (Wildman–Crippen LogP) is 2.54. The first-order valence-electron chi connectivity index (χ1n) is 6.26. The van der Waals surface area contributed by atoms with Crippen molar-refractivity contribution in [2.45, 2.75) is 33.0 Å². The number of anilines is 1. The third-order valence-electron chi connectivity index (χ3n) is 3.71. The Hall–Kier alpha value is -0.580. The number of benzene rings is 1. The maximum Gasteiger partial charge on any atom is 0.0682 e. The van der Waals surface area contributed by atoms with E-state index in [0.29, 0.717) is 0 Å². The molecule has 1 aromatic rings. The van der Waals surface area contributed by atoms with Gasteiger partial charge in [-0.2, -0.15) is 0 Å². The van der Waals surface area contributed by atoms with Crippen LogP contribution in [0.4, 0.5) is 5.69 Å². The molecule has 0 radical (unpaired) electrons. The van der Waals surface area contributed by atoms with Crippen LogP contribution in [0.25, 0.3) is 0 Å². The Bertz CT molecular complexity index is 434. The fourth-order valence-corrected chi connectivity index (χ4v) is 3.13. The Kier molecular flexibility index (Phi) is 3.99. The Morgan fingerprint density at radius 3 is 2.72 bits per heavy atom. The van der Waals surface area contributed by atoms with Gasteiger partial charge >= 0.3 is 0 Å². The topological polar surface area (TPSA) is 43.7 Å². The number of halogens is 1. The number of rotatable bonds is 2. The highest BCUT2D eigenvalue weighted by atomic mass is 79.9. The minimum atomic E-state index is -0.232. The lowest BCUT2D eigenvalue weighted by molar-refractivity contribution is 0.0336. The van der Waals surface area contributed by atoms with Gasteiger partial charge in [-0.3, -0.25) is 0 Å². The van der Waals surface area contributed by atoms with Gasteiger partial charge in [0.05, 0.1) is 18.4 Å². The van der Waals surface area contributed by atoms with E-state index in [-0.39, 0.29) is 18.1 Å². The minimum absolute atomic E-state index is 0.0586. The van der Waals surface area contributed by atoms with E-state index in [1.807, 2.05) is 18.2 Å². The van der Waals surface area contributed by atoms with E-state index in [1.54, 1.807) is 0 Å². The van der Waals surface area contributed by atoms with E-state index < -0.39 is 0 Å². The largest absolute Gasteiger partial charge is 0.392 e. The molecule has 2 rings (SSSR count). The van der Waals surface area contributed by atoms with E-state index >= 15 is 0 Å². The van der Waals surface area contributed by atoms with Crippen molar-refractivity contribution in [3.05, 3.63) is 28.2 Å². The zero-order chi connectivity index (χ0) is 13.3.